The number of non-ortho nitro benzene ring substituents is 1. The number of benzene rings is 3. The number of amides is 1. The van der Waals surface area contributed by atoms with Crippen LogP contribution in [0.15, 0.2) is 88.5 Å². The zero-order valence-corrected chi connectivity index (χ0v) is 17.7. The molecule has 4 rings (SSSR count). The highest BCUT2D eigenvalue weighted by Gasteiger charge is 2.19. The maximum atomic E-state index is 13.4. The highest BCUT2D eigenvalue weighted by Crippen LogP contribution is 2.16. The van der Waals surface area contributed by atoms with Crippen molar-refractivity contribution < 1.29 is 9.72 Å². The summed E-state index contributed by atoms with van der Waals surface area (Å²) in [7, 11) is 0. The lowest BCUT2D eigenvalue weighted by atomic mass is 10.1. The number of carbonyl (C=O) groups is 1. The Morgan fingerprint density at radius 2 is 1.70 bits per heavy atom. The van der Waals surface area contributed by atoms with Gasteiger partial charge in [0.05, 0.1) is 27.6 Å². The van der Waals surface area contributed by atoms with Crippen molar-refractivity contribution in [3.8, 4) is 5.69 Å². The molecule has 0 bridgehead atoms. The Kier molecular flexibility index (Phi) is 5.86. The standard InChI is InChI=1S/C24H20N4O5/c1-16(17-8-3-2-4-9-17)25-22(29)15-26-21-13-6-5-12-20(21)23(30)27(24(26)31)18-10-7-11-19(14-18)28(32)33/h2-14,16H,15H2,1H3,(H,25,29)/t16-/m1/s1. The molecular weight excluding hydrogens is 424 g/mol. The van der Waals surface area contributed by atoms with Crippen LogP contribution < -0.4 is 16.6 Å². The minimum Gasteiger partial charge on any atom is -0.348 e. The summed E-state index contributed by atoms with van der Waals surface area (Å²) < 4.78 is 2.05. The van der Waals surface area contributed by atoms with Gasteiger partial charge in [-0.2, -0.15) is 0 Å². The fourth-order valence-corrected chi connectivity index (χ4v) is 3.70. The molecule has 0 aliphatic carbocycles. The van der Waals surface area contributed by atoms with Gasteiger partial charge in [-0.05, 0) is 30.7 Å². The molecule has 0 unspecified atom stereocenters. The van der Waals surface area contributed by atoms with Crippen LogP contribution in [0.3, 0.4) is 0 Å². The van der Waals surface area contributed by atoms with Gasteiger partial charge in [-0.15, -0.1) is 0 Å². The van der Waals surface area contributed by atoms with Crippen molar-refractivity contribution in [1.29, 1.82) is 0 Å². The number of rotatable bonds is 6. The molecule has 166 valence electrons. The summed E-state index contributed by atoms with van der Waals surface area (Å²) in [5.41, 5.74) is -0.377. The van der Waals surface area contributed by atoms with Crippen molar-refractivity contribution in [2.75, 3.05) is 0 Å². The van der Waals surface area contributed by atoms with E-state index in [0.717, 1.165) is 16.2 Å². The molecule has 0 radical (unpaired) electrons. The number of nitrogens with zero attached hydrogens (tertiary/aromatic N) is 3. The summed E-state index contributed by atoms with van der Waals surface area (Å²) in [5, 5.41) is 14.3. The van der Waals surface area contributed by atoms with Gasteiger partial charge in [0.1, 0.15) is 6.54 Å². The number of fused-ring (bicyclic) bond motifs is 1. The Morgan fingerprint density at radius 1 is 1.00 bits per heavy atom. The number of nitro groups is 1. The number of aromatic nitrogens is 2. The first-order chi connectivity index (χ1) is 15.9. The van der Waals surface area contributed by atoms with Crippen molar-refractivity contribution in [3.05, 3.63) is 115 Å². The average Bonchev–Trinajstić information content (AvgIpc) is 2.82. The quantitative estimate of drug-likeness (QED) is 0.363. The fraction of sp³-hybridized carbons (Fsp3) is 0.125. The van der Waals surface area contributed by atoms with E-state index in [-0.39, 0.29) is 29.3 Å². The summed E-state index contributed by atoms with van der Waals surface area (Å²) >= 11 is 0. The van der Waals surface area contributed by atoms with Crippen LogP contribution in [0.25, 0.3) is 16.6 Å². The summed E-state index contributed by atoms with van der Waals surface area (Å²) in [6, 6.07) is 20.8. The topological polar surface area (TPSA) is 116 Å². The van der Waals surface area contributed by atoms with Crippen molar-refractivity contribution in [2.24, 2.45) is 0 Å². The van der Waals surface area contributed by atoms with Crippen LogP contribution in [0.4, 0.5) is 5.69 Å². The molecule has 0 saturated carbocycles. The van der Waals surface area contributed by atoms with Gasteiger partial charge in [-0.3, -0.25) is 24.3 Å². The van der Waals surface area contributed by atoms with E-state index in [1.165, 1.54) is 22.8 Å². The van der Waals surface area contributed by atoms with E-state index in [4.69, 9.17) is 0 Å². The van der Waals surface area contributed by atoms with Gasteiger partial charge < -0.3 is 5.32 Å². The first-order valence-electron chi connectivity index (χ1n) is 10.2. The highest BCUT2D eigenvalue weighted by atomic mass is 16.6. The van der Waals surface area contributed by atoms with Crippen LogP contribution in [0.5, 0.6) is 0 Å². The Hall–Kier alpha value is -4.53. The molecule has 1 heterocycles. The molecule has 1 amide bonds. The largest absolute Gasteiger partial charge is 0.348 e. The molecule has 0 aliphatic rings. The molecule has 4 aromatic rings. The first-order valence-corrected chi connectivity index (χ1v) is 10.2. The van der Waals surface area contributed by atoms with E-state index in [0.29, 0.717) is 5.52 Å². The lowest BCUT2D eigenvalue weighted by Gasteiger charge is -2.17. The molecule has 0 saturated heterocycles. The Labute approximate surface area is 187 Å². The maximum absolute atomic E-state index is 13.4. The van der Waals surface area contributed by atoms with Crippen LogP contribution in [-0.4, -0.2) is 20.0 Å². The predicted octanol–water partition coefficient (Wildman–Crippen LogP) is 2.94. The molecule has 33 heavy (non-hydrogen) atoms. The molecule has 0 fully saturated rings. The lowest BCUT2D eigenvalue weighted by Crippen LogP contribution is -2.42. The van der Waals surface area contributed by atoms with Crippen molar-refractivity contribution in [2.45, 2.75) is 19.5 Å². The van der Waals surface area contributed by atoms with Gasteiger partial charge in [0.2, 0.25) is 5.91 Å². The molecule has 9 nitrogen and oxygen atoms in total. The normalized spacial score (nSPS) is 11.8. The van der Waals surface area contributed by atoms with Gasteiger partial charge in [0.15, 0.2) is 0 Å². The molecule has 1 aromatic heterocycles. The number of nitro benzene ring substituents is 1. The van der Waals surface area contributed by atoms with E-state index in [9.17, 15) is 24.5 Å². The minimum absolute atomic E-state index is 0.0526. The zero-order valence-electron chi connectivity index (χ0n) is 17.7. The smallest absolute Gasteiger partial charge is 0.336 e. The Morgan fingerprint density at radius 3 is 2.42 bits per heavy atom. The summed E-state index contributed by atoms with van der Waals surface area (Å²) in [5.74, 6) is -0.414. The van der Waals surface area contributed by atoms with Crippen molar-refractivity contribution in [3.63, 3.8) is 0 Å². The van der Waals surface area contributed by atoms with E-state index >= 15 is 0 Å². The van der Waals surface area contributed by atoms with Gasteiger partial charge in [0, 0.05) is 12.1 Å². The number of hydrogen-bond acceptors (Lipinski definition) is 5. The fourth-order valence-electron chi connectivity index (χ4n) is 3.70. The molecular formula is C24H20N4O5. The second kappa shape index (κ2) is 8.91. The van der Waals surface area contributed by atoms with E-state index in [1.54, 1.807) is 24.3 Å². The first kappa shape index (κ1) is 21.7. The third kappa shape index (κ3) is 4.29. The molecule has 1 atom stereocenters. The van der Waals surface area contributed by atoms with Gasteiger partial charge in [0.25, 0.3) is 11.2 Å². The average molecular weight is 444 g/mol. The third-order valence-electron chi connectivity index (χ3n) is 5.33. The third-order valence-corrected chi connectivity index (χ3v) is 5.33. The van der Waals surface area contributed by atoms with Gasteiger partial charge >= 0.3 is 5.69 Å². The van der Waals surface area contributed by atoms with Crippen LogP contribution >= 0.6 is 0 Å². The predicted molar refractivity (Wildman–Crippen MR) is 123 cm³/mol. The van der Waals surface area contributed by atoms with Crippen LogP contribution in [0.2, 0.25) is 0 Å². The zero-order chi connectivity index (χ0) is 23.5. The summed E-state index contributed by atoms with van der Waals surface area (Å²) in [4.78, 5) is 49.9. The van der Waals surface area contributed by atoms with Gasteiger partial charge in [-0.25, -0.2) is 9.36 Å². The van der Waals surface area contributed by atoms with E-state index in [2.05, 4.69) is 5.32 Å². The molecule has 3 aromatic carbocycles. The molecule has 1 N–H and O–H groups in total. The van der Waals surface area contributed by atoms with E-state index in [1.807, 2.05) is 37.3 Å². The Balaban J connectivity index is 1.79. The second-order valence-corrected chi connectivity index (χ2v) is 7.50. The molecule has 0 spiro atoms. The number of hydrogen-bond donors (Lipinski definition) is 1. The molecule has 0 aliphatic heterocycles. The number of para-hydroxylation sites is 1. The van der Waals surface area contributed by atoms with Crippen molar-refractivity contribution >= 4 is 22.5 Å². The summed E-state index contributed by atoms with van der Waals surface area (Å²) in [6.07, 6.45) is 0. The Bertz CT molecular complexity index is 1470. The van der Waals surface area contributed by atoms with Crippen LogP contribution in [0, 0.1) is 10.1 Å². The van der Waals surface area contributed by atoms with E-state index < -0.39 is 22.1 Å². The van der Waals surface area contributed by atoms with Crippen LogP contribution in [-0.2, 0) is 11.3 Å². The highest BCUT2D eigenvalue weighted by molar-refractivity contribution is 5.82. The summed E-state index contributed by atoms with van der Waals surface area (Å²) in [6.45, 7) is 1.50. The SMILES string of the molecule is C[C@@H](NC(=O)Cn1c(=O)n(-c2cccc([N+](=O)[O-])c2)c(=O)c2ccccc21)c1ccccc1. The van der Waals surface area contributed by atoms with Crippen molar-refractivity contribution in [1.82, 2.24) is 14.5 Å². The lowest BCUT2D eigenvalue weighted by molar-refractivity contribution is -0.384. The van der Waals surface area contributed by atoms with Gasteiger partial charge in [-0.1, -0.05) is 48.5 Å². The second-order valence-electron chi connectivity index (χ2n) is 7.50. The molecule has 9 heteroatoms. The monoisotopic (exact) mass is 444 g/mol. The minimum atomic E-state index is -0.762. The maximum Gasteiger partial charge on any atom is 0.336 e. The number of carbonyl (C=O) groups excluding carboxylic acids is 1. The number of nitrogens with one attached hydrogen (secondary N) is 1. The van der Waals surface area contributed by atoms with Crippen LogP contribution in [0.1, 0.15) is 18.5 Å².